The molecule has 7 heteroatoms. The van der Waals surface area contributed by atoms with Crippen LogP contribution in [-0.4, -0.2) is 34.4 Å². The number of aromatic nitrogens is 4. The summed E-state index contributed by atoms with van der Waals surface area (Å²) in [5, 5.41) is 0. The average Bonchev–Trinajstić information content (AvgIpc) is 2.86. The number of fused-ring (bicyclic) bond motifs is 1. The van der Waals surface area contributed by atoms with Crippen LogP contribution in [0.5, 0.6) is 0 Å². The zero-order chi connectivity index (χ0) is 15.6. The minimum absolute atomic E-state index is 0.165. The molecule has 2 atom stereocenters. The number of unbranched alkanes of at least 4 members (excludes halogenated alkanes) is 1. The van der Waals surface area contributed by atoms with Crippen molar-refractivity contribution in [2.45, 2.75) is 43.1 Å². The van der Waals surface area contributed by atoms with Gasteiger partial charge < -0.3 is 0 Å². The van der Waals surface area contributed by atoms with E-state index in [4.69, 9.17) is 0 Å². The quantitative estimate of drug-likeness (QED) is 0.572. The van der Waals surface area contributed by atoms with E-state index in [1.54, 1.807) is 25.0 Å². The van der Waals surface area contributed by atoms with E-state index in [2.05, 4.69) is 17.6 Å². The van der Waals surface area contributed by atoms with E-state index in [1.807, 2.05) is 0 Å². The molecule has 0 spiro atoms. The van der Waals surface area contributed by atoms with Crippen LogP contribution < -0.4 is 11.2 Å². The van der Waals surface area contributed by atoms with Crippen LogP contribution in [0.15, 0.2) is 15.9 Å². The monoisotopic (exact) mass is 354 g/mol. The first-order valence-corrected chi connectivity index (χ1v) is 10.6. The SMILES string of the molecule is C[AsH]C(C)CCCCn1c(=O)c2c(ncn2C)n(C)c1=O. The predicted molar refractivity (Wildman–Crippen MR) is 86.5 cm³/mol. The molecule has 0 saturated heterocycles. The van der Waals surface area contributed by atoms with Gasteiger partial charge in [0.15, 0.2) is 0 Å². The standard InChI is InChI=1S/C14H23AsN4O2/c1-10(15-2)7-5-6-8-19-13(20)11-12(16-9-17(11)3)18(4)14(19)21/h9-10,15H,5-8H2,1-4H3. The van der Waals surface area contributed by atoms with Crippen molar-refractivity contribution >= 4 is 26.9 Å². The maximum atomic E-state index is 12.5. The Bertz CT molecular complexity index is 744. The van der Waals surface area contributed by atoms with Crippen molar-refractivity contribution in [2.24, 2.45) is 14.1 Å². The van der Waals surface area contributed by atoms with Gasteiger partial charge in [-0.3, -0.25) is 0 Å². The number of hydrogen-bond acceptors (Lipinski definition) is 3. The van der Waals surface area contributed by atoms with Crippen molar-refractivity contribution in [3.05, 3.63) is 27.2 Å². The molecule has 2 rings (SSSR count). The number of imidazole rings is 1. The third-order valence-corrected chi connectivity index (χ3v) is 6.64. The fourth-order valence-electron chi connectivity index (χ4n) is 2.46. The van der Waals surface area contributed by atoms with Gasteiger partial charge in [0.25, 0.3) is 0 Å². The van der Waals surface area contributed by atoms with Crippen molar-refractivity contribution in [3.8, 4) is 0 Å². The van der Waals surface area contributed by atoms with Crippen molar-refractivity contribution in [2.75, 3.05) is 0 Å². The second kappa shape index (κ2) is 6.65. The molecule has 0 N–H and O–H groups in total. The fraction of sp³-hybridized carbons (Fsp3) is 0.643. The zero-order valence-electron chi connectivity index (χ0n) is 13.1. The Kier molecular flexibility index (Phi) is 5.09. The molecule has 0 radical (unpaired) electrons. The van der Waals surface area contributed by atoms with Crippen LogP contribution in [0.1, 0.15) is 26.2 Å². The molecule has 0 aliphatic carbocycles. The van der Waals surface area contributed by atoms with Gasteiger partial charge in [0, 0.05) is 0 Å². The molecule has 0 fully saturated rings. The molecule has 2 heterocycles. The summed E-state index contributed by atoms with van der Waals surface area (Å²) >= 11 is 0.165. The molecule has 2 unspecified atom stereocenters. The molecule has 0 aliphatic rings. The molecule has 21 heavy (non-hydrogen) atoms. The molecule has 116 valence electrons. The van der Waals surface area contributed by atoms with Crippen LogP contribution in [0.3, 0.4) is 0 Å². The average molecular weight is 354 g/mol. The number of rotatable bonds is 6. The Labute approximate surface area is 130 Å². The summed E-state index contributed by atoms with van der Waals surface area (Å²) < 4.78 is 5.30. The van der Waals surface area contributed by atoms with E-state index in [1.165, 1.54) is 15.6 Å². The Balaban J connectivity index is 2.26. The van der Waals surface area contributed by atoms with Crippen molar-refractivity contribution in [1.29, 1.82) is 0 Å². The molecule has 0 bridgehead atoms. The number of hydrogen-bond donors (Lipinski definition) is 0. The zero-order valence-corrected chi connectivity index (χ0v) is 15.2. The summed E-state index contributed by atoms with van der Waals surface area (Å²) in [6.07, 6.45) is 4.70. The first kappa shape index (κ1) is 16.1. The molecule has 0 amide bonds. The molecule has 0 aliphatic heterocycles. The molecule has 2 aromatic rings. The molecule has 2 aromatic heterocycles. The predicted octanol–water partition coefficient (Wildman–Crippen LogP) is 0.897. The Morgan fingerprint density at radius 1 is 1.29 bits per heavy atom. The molecule has 0 saturated carbocycles. The van der Waals surface area contributed by atoms with Gasteiger partial charge in [-0.1, -0.05) is 0 Å². The van der Waals surface area contributed by atoms with Crippen LogP contribution in [0, 0.1) is 0 Å². The van der Waals surface area contributed by atoms with E-state index in [0.717, 1.165) is 17.5 Å². The van der Waals surface area contributed by atoms with Crippen molar-refractivity contribution in [1.82, 2.24) is 18.7 Å². The molecular weight excluding hydrogens is 331 g/mol. The summed E-state index contributed by atoms with van der Waals surface area (Å²) in [6, 6.07) is 0. The van der Waals surface area contributed by atoms with Gasteiger partial charge in [-0.15, -0.1) is 0 Å². The number of aryl methyl sites for hydroxylation is 2. The molecule has 0 aromatic carbocycles. The Morgan fingerprint density at radius 3 is 2.67 bits per heavy atom. The molecule has 6 nitrogen and oxygen atoms in total. The summed E-state index contributed by atoms with van der Waals surface area (Å²) in [5.41, 5.74) is 2.74. The van der Waals surface area contributed by atoms with Gasteiger partial charge in [0.1, 0.15) is 0 Å². The minimum atomic E-state index is -0.275. The molecular formula is C14H23AsN4O2. The van der Waals surface area contributed by atoms with Gasteiger partial charge in [-0.05, 0) is 0 Å². The van der Waals surface area contributed by atoms with Crippen LogP contribution >= 0.6 is 0 Å². The topological polar surface area (TPSA) is 61.8 Å². The van der Waals surface area contributed by atoms with E-state index < -0.39 is 0 Å². The number of nitrogens with zero attached hydrogens (tertiary/aromatic N) is 4. The van der Waals surface area contributed by atoms with Crippen LogP contribution in [0.2, 0.25) is 10.4 Å². The second-order valence-corrected chi connectivity index (χ2v) is 8.79. The first-order valence-electron chi connectivity index (χ1n) is 7.25. The van der Waals surface area contributed by atoms with E-state index in [-0.39, 0.29) is 27.0 Å². The summed E-state index contributed by atoms with van der Waals surface area (Å²) in [6.45, 7) is 2.77. The Morgan fingerprint density at radius 2 is 2.00 bits per heavy atom. The van der Waals surface area contributed by atoms with Crippen LogP contribution in [0.25, 0.3) is 11.2 Å². The maximum absolute atomic E-state index is 12.5. The van der Waals surface area contributed by atoms with Gasteiger partial charge in [0.2, 0.25) is 0 Å². The fourth-order valence-corrected chi connectivity index (χ4v) is 3.49. The van der Waals surface area contributed by atoms with Gasteiger partial charge in [0.05, 0.1) is 0 Å². The van der Waals surface area contributed by atoms with E-state index in [9.17, 15) is 9.59 Å². The van der Waals surface area contributed by atoms with E-state index >= 15 is 0 Å². The van der Waals surface area contributed by atoms with Crippen LogP contribution in [0.4, 0.5) is 0 Å². The van der Waals surface area contributed by atoms with Crippen molar-refractivity contribution < 1.29 is 0 Å². The summed E-state index contributed by atoms with van der Waals surface area (Å²) in [7, 11) is 3.44. The van der Waals surface area contributed by atoms with E-state index in [0.29, 0.717) is 17.7 Å². The summed E-state index contributed by atoms with van der Waals surface area (Å²) in [5.74, 6) is 0. The second-order valence-electron chi connectivity index (χ2n) is 5.51. The van der Waals surface area contributed by atoms with Gasteiger partial charge >= 0.3 is 130 Å². The third kappa shape index (κ3) is 3.15. The third-order valence-electron chi connectivity index (χ3n) is 3.96. The summed E-state index contributed by atoms with van der Waals surface area (Å²) in [4.78, 5) is 28.9. The Hall–Kier alpha value is -1.29. The normalized spacial score (nSPS) is 13.5. The van der Waals surface area contributed by atoms with Crippen molar-refractivity contribution in [3.63, 3.8) is 0 Å². The first-order chi connectivity index (χ1) is 9.97. The van der Waals surface area contributed by atoms with Gasteiger partial charge in [-0.2, -0.15) is 0 Å². The van der Waals surface area contributed by atoms with Crippen LogP contribution in [-0.2, 0) is 20.6 Å². The van der Waals surface area contributed by atoms with Gasteiger partial charge in [-0.25, -0.2) is 0 Å².